The minimum Gasteiger partial charge on any atom is -0.481 e. The van der Waals surface area contributed by atoms with Crippen LogP contribution in [0.25, 0.3) is 0 Å². The van der Waals surface area contributed by atoms with Crippen LogP contribution < -0.4 is 0 Å². The highest BCUT2D eigenvalue weighted by atomic mass is 32.2. The van der Waals surface area contributed by atoms with Crippen LogP contribution >= 0.6 is 0 Å². The standard InChI is InChI=1S/C11H15N3O4S/c15-11(16)8-2-1-4-14-9(12-13-10(8)14)7-3-5-19(17,18)6-7/h7-8H,1-6H2,(H,15,16). The van der Waals surface area contributed by atoms with Crippen molar-refractivity contribution in [1.82, 2.24) is 14.8 Å². The molecule has 8 heteroatoms. The SMILES string of the molecule is O=C(O)C1CCCn2c(C3CCS(=O)(=O)C3)nnc21. The van der Waals surface area contributed by atoms with Crippen molar-refractivity contribution in [2.45, 2.75) is 37.6 Å². The van der Waals surface area contributed by atoms with Gasteiger partial charge in [0, 0.05) is 12.5 Å². The van der Waals surface area contributed by atoms with Gasteiger partial charge in [0.1, 0.15) is 17.6 Å². The molecule has 0 bridgehead atoms. The van der Waals surface area contributed by atoms with E-state index >= 15 is 0 Å². The quantitative estimate of drug-likeness (QED) is 0.829. The summed E-state index contributed by atoms with van der Waals surface area (Å²) >= 11 is 0. The normalized spacial score (nSPS) is 29.1. The van der Waals surface area contributed by atoms with Gasteiger partial charge < -0.3 is 9.67 Å². The van der Waals surface area contributed by atoms with Gasteiger partial charge in [-0.15, -0.1) is 10.2 Å². The molecule has 3 rings (SSSR count). The van der Waals surface area contributed by atoms with Crippen LogP contribution in [0.15, 0.2) is 0 Å². The fraction of sp³-hybridized carbons (Fsp3) is 0.727. The van der Waals surface area contributed by atoms with Crippen LogP contribution in [-0.2, 0) is 21.2 Å². The Labute approximate surface area is 110 Å². The first kappa shape index (κ1) is 12.6. The van der Waals surface area contributed by atoms with Crippen molar-refractivity contribution in [2.24, 2.45) is 0 Å². The molecule has 0 radical (unpaired) electrons. The van der Waals surface area contributed by atoms with Gasteiger partial charge in [-0.05, 0) is 19.3 Å². The summed E-state index contributed by atoms with van der Waals surface area (Å²) in [4.78, 5) is 11.2. The zero-order chi connectivity index (χ0) is 13.6. The monoisotopic (exact) mass is 285 g/mol. The lowest BCUT2D eigenvalue weighted by molar-refractivity contribution is -0.139. The topological polar surface area (TPSA) is 102 Å². The average molecular weight is 285 g/mol. The lowest BCUT2D eigenvalue weighted by Gasteiger charge is -2.21. The zero-order valence-corrected chi connectivity index (χ0v) is 11.1. The highest BCUT2D eigenvalue weighted by Crippen LogP contribution is 2.33. The fourth-order valence-corrected chi connectivity index (χ4v) is 4.67. The molecule has 0 aliphatic carbocycles. The van der Waals surface area contributed by atoms with Crippen LogP contribution in [0.1, 0.15) is 42.7 Å². The molecule has 0 aromatic carbocycles. The molecule has 2 atom stereocenters. The van der Waals surface area contributed by atoms with Crippen LogP contribution in [-0.4, -0.2) is 45.8 Å². The predicted molar refractivity (Wildman–Crippen MR) is 65.6 cm³/mol. The third kappa shape index (κ3) is 2.13. The summed E-state index contributed by atoms with van der Waals surface area (Å²) in [5.74, 6) is -0.253. The number of nitrogens with zero attached hydrogens (tertiary/aromatic N) is 3. The van der Waals surface area contributed by atoms with E-state index in [1.54, 1.807) is 0 Å². The number of carbonyl (C=O) groups is 1. The summed E-state index contributed by atoms with van der Waals surface area (Å²) in [5.41, 5.74) is 0. The first-order valence-electron chi connectivity index (χ1n) is 6.34. The molecule has 1 saturated heterocycles. The van der Waals surface area contributed by atoms with E-state index in [0.717, 1.165) is 6.42 Å². The lowest BCUT2D eigenvalue weighted by atomic mass is 9.98. The van der Waals surface area contributed by atoms with Crippen molar-refractivity contribution in [1.29, 1.82) is 0 Å². The van der Waals surface area contributed by atoms with Gasteiger partial charge in [0.05, 0.1) is 11.5 Å². The Hall–Kier alpha value is -1.44. The number of rotatable bonds is 2. The highest BCUT2D eigenvalue weighted by Gasteiger charge is 2.36. The third-order valence-corrected chi connectivity index (χ3v) is 5.66. The van der Waals surface area contributed by atoms with E-state index in [0.29, 0.717) is 31.0 Å². The van der Waals surface area contributed by atoms with Crippen LogP contribution in [0.4, 0.5) is 0 Å². The Morgan fingerprint density at radius 1 is 1.26 bits per heavy atom. The number of aliphatic carboxylic acids is 1. The Bertz CT molecular complexity index is 622. The van der Waals surface area contributed by atoms with Crippen molar-refractivity contribution in [2.75, 3.05) is 11.5 Å². The Morgan fingerprint density at radius 3 is 2.63 bits per heavy atom. The molecule has 2 aliphatic heterocycles. The van der Waals surface area contributed by atoms with E-state index in [2.05, 4.69) is 10.2 Å². The largest absolute Gasteiger partial charge is 0.481 e. The number of hydrogen-bond acceptors (Lipinski definition) is 5. The summed E-state index contributed by atoms with van der Waals surface area (Å²) in [5, 5.41) is 17.2. The molecule has 19 heavy (non-hydrogen) atoms. The fourth-order valence-electron chi connectivity index (χ4n) is 2.93. The van der Waals surface area contributed by atoms with Crippen LogP contribution in [0, 0.1) is 0 Å². The summed E-state index contributed by atoms with van der Waals surface area (Å²) in [7, 11) is -2.98. The van der Waals surface area contributed by atoms with Crippen molar-refractivity contribution in [3.8, 4) is 0 Å². The van der Waals surface area contributed by atoms with Crippen molar-refractivity contribution in [3.63, 3.8) is 0 Å². The number of fused-ring (bicyclic) bond motifs is 1. The number of carboxylic acids is 1. The summed E-state index contributed by atoms with van der Waals surface area (Å²) < 4.78 is 24.9. The molecular formula is C11H15N3O4S. The molecule has 1 fully saturated rings. The highest BCUT2D eigenvalue weighted by molar-refractivity contribution is 7.91. The molecule has 2 unspecified atom stereocenters. The van der Waals surface area contributed by atoms with Gasteiger partial charge >= 0.3 is 5.97 Å². The molecule has 1 aromatic rings. The first-order valence-corrected chi connectivity index (χ1v) is 8.16. The minimum absolute atomic E-state index is 0.100. The van der Waals surface area contributed by atoms with E-state index in [1.807, 2.05) is 4.57 Å². The summed E-state index contributed by atoms with van der Waals surface area (Å²) in [6.07, 6.45) is 1.88. The molecule has 1 N–H and O–H groups in total. The predicted octanol–water partition coefficient (Wildman–Crippen LogP) is 0.142. The molecule has 3 heterocycles. The van der Waals surface area contributed by atoms with Crippen LogP contribution in [0.5, 0.6) is 0 Å². The van der Waals surface area contributed by atoms with Gasteiger partial charge in [-0.1, -0.05) is 0 Å². The van der Waals surface area contributed by atoms with E-state index in [9.17, 15) is 13.2 Å². The maximum atomic E-state index is 11.5. The number of carboxylic acid groups (broad SMARTS) is 1. The third-order valence-electron chi connectivity index (χ3n) is 3.89. The van der Waals surface area contributed by atoms with Crippen molar-refractivity contribution < 1.29 is 18.3 Å². The van der Waals surface area contributed by atoms with Crippen LogP contribution in [0.2, 0.25) is 0 Å². The Balaban J connectivity index is 1.95. The van der Waals surface area contributed by atoms with E-state index in [-0.39, 0.29) is 17.4 Å². The Morgan fingerprint density at radius 2 is 2.00 bits per heavy atom. The lowest BCUT2D eigenvalue weighted by Crippen LogP contribution is -2.24. The number of aromatic nitrogens is 3. The molecule has 2 aliphatic rings. The second kappa shape index (κ2) is 4.29. The Kier molecular flexibility index (Phi) is 2.84. The molecule has 7 nitrogen and oxygen atoms in total. The number of hydrogen-bond donors (Lipinski definition) is 1. The maximum Gasteiger partial charge on any atom is 0.314 e. The summed E-state index contributed by atoms with van der Waals surface area (Å²) in [6, 6.07) is 0. The molecule has 0 spiro atoms. The van der Waals surface area contributed by atoms with Gasteiger partial charge in [0.15, 0.2) is 9.84 Å². The molecular weight excluding hydrogens is 270 g/mol. The summed E-state index contributed by atoms with van der Waals surface area (Å²) in [6.45, 7) is 0.679. The van der Waals surface area contributed by atoms with Crippen molar-refractivity contribution in [3.05, 3.63) is 11.6 Å². The van der Waals surface area contributed by atoms with Gasteiger partial charge in [-0.3, -0.25) is 4.79 Å². The van der Waals surface area contributed by atoms with Gasteiger partial charge in [0.25, 0.3) is 0 Å². The second-order valence-electron chi connectivity index (χ2n) is 5.20. The van der Waals surface area contributed by atoms with Gasteiger partial charge in [-0.25, -0.2) is 8.42 Å². The smallest absolute Gasteiger partial charge is 0.314 e. The zero-order valence-electron chi connectivity index (χ0n) is 10.3. The molecule has 0 amide bonds. The van der Waals surface area contributed by atoms with Gasteiger partial charge in [0.2, 0.25) is 0 Å². The first-order chi connectivity index (χ1) is 8.98. The molecule has 1 aromatic heterocycles. The van der Waals surface area contributed by atoms with Crippen LogP contribution in [0.3, 0.4) is 0 Å². The van der Waals surface area contributed by atoms with Crippen molar-refractivity contribution >= 4 is 15.8 Å². The van der Waals surface area contributed by atoms with E-state index in [1.165, 1.54) is 0 Å². The van der Waals surface area contributed by atoms with Gasteiger partial charge in [-0.2, -0.15) is 0 Å². The minimum atomic E-state index is -2.98. The van der Waals surface area contributed by atoms with E-state index in [4.69, 9.17) is 5.11 Å². The van der Waals surface area contributed by atoms with E-state index < -0.39 is 21.7 Å². The second-order valence-corrected chi connectivity index (χ2v) is 7.43. The molecule has 104 valence electrons. The molecule has 0 saturated carbocycles. The maximum absolute atomic E-state index is 11.5. The number of sulfone groups is 1. The average Bonchev–Trinajstić information content (AvgIpc) is 2.91.